The number of halogens is 2. The van der Waals surface area contributed by atoms with E-state index in [0.717, 1.165) is 29.1 Å². The van der Waals surface area contributed by atoms with Gasteiger partial charge in [-0.05, 0) is 38.8 Å². The van der Waals surface area contributed by atoms with Gasteiger partial charge in [-0.3, -0.25) is 0 Å². The van der Waals surface area contributed by atoms with Crippen LogP contribution in [0.5, 0.6) is 5.75 Å². The Morgan fingerprint density at radius 2 is 1.63 bits per heavy atom. The van der Waals surface area contributed by atoms with E-state index in [1.807, 2.05) is 14.1 Å². The monoisotopic (exact) mass is 306 g/mol. The molecule has 3 nitrogen and oxygen atoms in total. The molecule has 0 bridgehead atoms. The highest BCUT2D eigenvalue weighted by molar-refractivity contribution is 5.85. The summed E-state index contributed by atoms with van der Waals surface area (Å²) in [5, 5.41) is 0. The molecule has 0 amide bonds. The Hall–Kier alpha value is -0.800. The summed E-state index contributed by atoms with van der Waals surface area (Å²) in [5.74, 6) is 1.03. The van der Waals surface area contributed by atoms with E-state index in [1.54, 1.807) is 0 Å². The van der Waals surface area contributed by atoms with Gasteiger partial charge in [0.2, 0.25) is 0 Å². The van der Waals surface area contributed by atoms with Crippen LogP contribution in [-0.2, 0) is 6.42 Å². The minimum absolute atomic E-state index is 0. The molecule has 2 N–H and O–H groups in total. The summed E-state index contributed by atoms with van der Waals surface area (Å²) >= 11 is 0. The average molecular weight is 307 g/mol. The van der Waals surface area contributed by atoms with Crippen molar-refractivity contribution in [2.75, 3.05) is 24.7 Å². The fourth-order valence-electron chi connectivity index (χ4n) is 2.60. The van der Waals surface area contributed by atoms with Crippen LogP contribution >= 0.6 is 24.8 Å². The van der Waals surface area contributed by atoms with Crippen molar-refractivity contribution >= 4 is 36.2 Å². The van der Waals surface area contributed by atoms with Gasteiger partial charge in [-0.15, -0.1) is 24.8 Å². The lowest BCUT2D eigenvalue weighted by atomic mass is 9.95. The van der Waals surface area contributed by atoms with Crippen molar-refractivity contribution in [2.45, 2.75) is 39.7 Å². The third-order valence-electron chi connectivity index (χ3n) is 3.55. The Morgan fingerprint density at radius 3 is 2.11 bits per heavy atom. The van der Waals surface area contributed by atoms with E-state index in [-0.39, 0.29) is 30.4 Å². The van der Waals surface area contributed by atoms with Gasteiger partial charge in [-0.2, -0.15) is 0 Å². The molecule has 1 heterocycles. The molecule has 0 atom stereocenters. The topological polar surface area (TPSA) is 38.5 Å². The third-order valence-corrected chi connectivity index (χ3v) is 3.55. The molecule has 0 saturated carbocycles. The summed E-state index contributed by atoms with van der Waals surface area (Å²) in [4.78, 5) is 2.09. The summed E-state index contributed by atoms with van der Waals surface area (Å²) in [6.07, 6.45) is 0.918. The van der Waals surface area contributed by atoms with Gasteiger partial charge in [0.25, 0.3) is 0 Å². The molecule has 1 aromatic rings. The van der Waals surface area contributed by atoms with E-state index in [4.69, 9.17) is 10.5 Å². The number of fused-ring (bicyclic) bond motifs is 1. The predicted molar refractivity (Wildman–Crippen MR) is 87.6 cm³/mol. The number of nitrogens with two attached hydrogens (primary N) is 1. The van der Waals surface area contributed by atoms with Gasteiger partial charge >= 0.3 is 0 Å². The lowest BCUT2D eigenvalue weighted by Gasteiger charge is -2.22. The fourth-order valence-corrected chi connectivity index (χ4v) is 2.60. The molecule has 110 valence electrons. The molecule has 0 radical (unpaired) electrons. The molecule has 0 spiro atoms. The molecule has 0 fully saturated rings. The van der Waals surface area contributed by atoms with Crippen LogP contribution in [0.15, 0.2) is 0 Å². The lowest BCUT2D eigenvalue weighted by molar-refractivity contribution is 0.137. The largest absolute Gasteiger partial charge is 0.487 e. The van der Waals surface area contributed by atoms with Gasteiger partial charge in [-0.25, -0.2) is 0 Å². The van der Waals surface area contributed by atoms with E-state index >= 15 is 0 Å². The maximum absolute atomic E-state index is 6.25. The molecule has 1 aromatic carbocycles. The summed E-state index contributed by atoms with van der Waals surface area (Å²) < 4.78 is 6.07. The molecule has 19 heavy (non-hydrogen) atoms. The zero-order valence-corrected chi connectivity index (χ0v) is 14.1. The minimum Gasteiger partial charge on any atom is -0.487 e. The fraction of sp³-hybridized carbons (Fsp3) is 0.571. The molecule has 0 unspecified atom stereocenters. The van der Waals surface area contributed by atoms with E-state index in [2.05, 4.69) is 32.6 Å². The van der Waals surface area contributed by atoms with Gasteiger partial charge in [-0.1, -0.05) is 0 Å². The van der Waals surface area contributed by atoms with Crippen molar-refractivity contribution in [3.63, 3.8) is 0 Å². The molecule has 0 saturated heterocycles. The Labute approximate surface area is 128 Å². The number of rotatable bonds is 1. The molecule has 1 aliphatic heterocycles. The zero-order chi connectivity index (χ0) is 13.0. The maximum atomic E-state index is 6.25. The summed E-state index contributed by atoms with van der Waals surface area (Å²) in [7, 11) is 4.07. The van der Waals surface area contributed by atoms with Crippen LogP contribution in [0, 0.1) is 13.8 Å². The molecule has 1 aliphatic rings. The van der Waals surface area contributed by atoms with Crippen molar-refractivity contribution in [3.8, 4) is 5.75 Å². The second kappa shape index (κ2) is 5.68. The van der Waals surface area contributed by atoms with E-state index in [0.29, 0.717) is 0 Å². The highest BCUT2D eigenvalue weighted by Gasteiger charge is 2.35. The van der Waals surface area contributed by atoms with Crippen molar-refractivity contribution in [1.29, 1.82) is 0 Å². The first kappa shape index (κ1) is 18.2. The highest BCUT2D eigenvalue weighted by atomic mass is 35.5. The van der Waals surface area contributed by atoms with Gasteiger partial charge < -0.3 is 15.4 Å². The van der Waals surface area contributed by atoms with Crippen molar-refractivity contribution in [1.82, 2.24) is 0 Å². The molecule has 2 rings (SSSR count). The number of anilines is 2. The van der Waals surface area contributed by atoms with Gasteiger partial charge in [0.05, 0.1) is 11.4 Å². The van der Waals surface area contributed by atoms with Crippen LogP contribution < -0.4 is 15.4 Å². The number of nitrogens with zero attached hydrogens (tertiary/aromatic N) is 1. The molecule has 5 heteroatoms. The second-order valence-corrected chi connectivity index (χ2v) is 5.75. The van der Waals surface area contributed by atoms with Gasteiger partial charge in [0.1, 0.15) is 11.4 Å². The number of hydrogen-bond acceptors (Lipinski definition) is 3. The van der Waals surface area contributed by atoms with Crippen LogP contribution in [0.4, 0.5) is 11.4 Å². The number of hydrogen-bond donors (Lipinski definition) is 1. The maximum Gasteiger partial charge on any atom is 0.128 e. The standard InChI is InChI=1S/C14H22N2O.2ClH/c1-8-9(2)13-10(7-14(3,4)17-13)12(11(8)15)16(5)6;;/h7,15H2,1-6H3;2*1H. The van der Waals surface area contributed by atoms with Crippen LogP contribution in [0.3, 0.4) is 0 Å². The summed E-state index contributed by atoms with van der Waals surface area (Å²) in [6.45, 7) is 8.40. The normalized spacial score (nSPS) is 14.8. The Bertz CT molecular complexity index is 485. The Morgan fingerprint density at radius 1 is 1.11 bits per heavy atom. The van der Waals surface area contributed by atoms with E-state index in [9.17, 15) is 0 Å². The van der Waals surface area contributed by atoms with Crippen molar-refractivity contribution < 1.29 is 4.74 Å². The first-order valence-electron chi connectivity index (χ1n) is 6.02. The average Bonchev–Trinajstić information content (AvgIpc) is 2.50. The Balaban J connectivity index is 0.00000162. The molecular formula is C14H24Cl2N2O. The van der Waals surface area contributed by atoms with Crippen molar-refractivity contribution in [3.05, 3.63) is 16.7 Å². The summed E-state index contributed by atoms with van der Waals surface area (Å²) in [6, 6.07) is 0. The number of ether oxygens (including phenoxy) is 1. The molecule has 0 aliphatic carbocycles. The minimum atomic E-state index is -0.127. The second-order valence-electron chi connectivity index (χ2n) is 5.75. The van der Waals surface area contributed by atoms with Crippen LogP contribution in [0.25, 0.3) is 0 Å². The SMILES string of the molecule is Cc1c(C)c2c(c(N(C)C)c1N)CC(C)(C)O2.Cl.Cl. The first-order valence-corrected chi connectivity index (χ1v) is 6.02. The van der Waals surface area contributed by atoms with Gasteiger partial charge in [0, 0.05) is 26.1 Å². The quantitative estimate of drug-likeness (QED) is 0.807. The first-order chi connectivity index (χ1) is 7.74. The number of nitrogen functional groups attached to an aromatic ring is 1. The lowest BCUT2D eigenvalue weighted by Crippen LogP contribution is -2.25. The van der Waals surface area contributed by atoms with Gasteiger partial charge in [0.15, 0.2) is 0 Å². The summed E-state index contributed by atoms with van der Waals surface area (Å²) in [5.41, 5.74) is 11.7. The molecule has 0 aromatic heterocycles. The van der Waals surface area contributed by atoms with E-state index in [1.165, 1.54) is 11.1 Å². The van der Waals surface area contributed by atoms with E-state index < -0.39 is 0 Å². The van der Waals surface area contributed by atoms with Crippen LogP contribution in [-0.4, -0.2) is 19.7 Å². The van der Waals surface area contributed by atoms with Crippen LogP contribution in [0.1, 0.15) is 30.5 Å². The zero-order valence-electron chi connectivity index (χ0n) is 12.5. The highest BCUT2D eigenvalue weighted by Crippen LogP contribution is 2.47. The molecular weight excluding hydrogens is 283 g/mol. The number of benzene rings is 1. The smallest absolute Gasteiger partial charge is 0.128 e. The third kappa shape index (κ3) is 2.87. The van der Waals surface area contributed by atoms with Crippen molar-refractivity contribution in [2.24, 2.45) is 0 Å². The predicted octanol–water partition coefficient (Wildman–Crippen LogP) is 3.51. The van der Waals surface area contributed by atoms with Crippen LogP contribution in [0.2, 0.25) is 0 Å². The Kier molecular flexibility index (Phi) is 5.44.